The van der Waals surface area contributed by atoms with Crippen molar-refractivity contribution in [2.24, 2.45) is 0 Å². The second kappa shape index (κ2) is 13.9. The molecule has 7 heteroatoms. The Morgan fingerprint density at radius 2 is 1.62 bits per heavy atom. The number of amides is 1. The second-order valence-corrected chi connectivity index (χ2v) is 10.0. The predicted molar refractivity (Wildman–Crippen MR) is 144 cm³/mol. The number of anilines is 1. The summed E-state index contributed by atoms with van der Waals surface area (Å²) in [4.78, 5) is 39.5. The molecule has 7 nitrogen and oxygen atoms in total. The lowest BCUT2D eigenvalue weighted by molar-refractivity contribution is -0.937. The standard InChI is InChI=1S/C30H40N2O5/c1-4-14-26(29(34)31-28-23(2)15-13-18-25(28)30(35)36-3)32(19-11-6-5-7-12-20-32)21-27(33)37-22-24-16-9-8-10-17-24/h8-10,13,15-18,26H,4-7,11-12,14,19-22H2,1-3H3/p+1. The Morgan fingerprint density at radius 3 is 2.27 bits per heavy atom. The molecule has 1 saturated heterocycles. The van der Waals surface area contributed by atoms with Gasteiger partial charge in [0, 0.05) is 6.42 Å². The van der Waals surface area contributed by atoms with Gasteiger partial charge < -0.3 is 19.3 Å². The van der Waals surface area contributed by atoms with Crippen LogP contribution in [0.15, 0.2) is 48.5 Å². The monoisotopic (exact) mass is 509 g/mol. The molecule has 1 aliphatic heterocycles. The average molecular weight is 510 g/mol. The van der Waals surface area contributed by atoms with E-state index in [4.69, 9.17) is 9.47 Å². The Bertz CT molecular complexity index is 1050. The molecule has 2 aromatic carbocycles. The van der Waals surface area contributed by atoms with E-state index in [9.17, 15) is 14.4 Å². The second-order valence-electron chi connectivity index (χ2n) is 10.0. The first kappa shape index (κ1) is 28.4. The maximum absolute atomic E-state index is 14.0. The number of nitrogens with one attached hydrogen (secondary N) is 1. The van der Waals surface area contributed by atoms with Crippen LogP contribution in [-0.4, -0.2) is 55.1 Å². The predicted octanol–water partition coefficient (Wildman–Crippen LogP) is 5.41. The van der Waals surface area contributed by atoms with Crippen LogP contribution < -0.4 is 5.32 Å². The molecule has 0 radical (unpaired) electrons. The number of ether oxygens (including phenoxy) is 2. The summed E-state index contributed by atoms with van der Waals surface area (Å²) >= 11 is 0. The van der Waals surface area contributed by atoms with Crippen LogP contribution >= 0.6 is 0 Å². The Hall–Kier alpha value is -3.19. The number of rotatable bonds is 10. The van der Waals surface area contributed by atoms with E-state index in [0.29, 0.717) is 22.2 Å². The lowest BCUT2D eigenvalue weighted by atomic mass is 9.98. The van der Waals surface area contributed by atoms with Crippen molar-refractivity contribution in [3.05, 3.63) is 65.2 Å². The first-order chi connectivity index (χ1) is 17.9. The van der Waals surface area contributed by atoms with Gasteiger partial charge in [-0.2, -0.15) is 0 Å². The normalized spacial score (nSPS) is 16.1. The number of hydrogen-bond donors (Lipinski definition) is 1. The van der Waals surface area contributed by atoms with Crippen LogP contribution in [0.25, 0.3) is 0 Å². The third-order valence-electron chi connectivity index (χ3n) is 7.35. The highest BCUT2D eigenvalue weighted by Gasteiger charge is 2.43. The third kappa shape index (κ3) is 7.65. The molecule has 1 fully saturated rings. The van der Waals surface area contributed by atoms with Crippen molar-refractivity contribution >= 4 is 23.5 Å². The lowest BCUT2D eigenvalue weighted by Crippen LogP contribution is -2.63. The zero-order valence-corrected chi connectivity index (χ0v) is 22.5. The number of methoxy groups -OCH3 is 1. The quantitative estimate of drug-likeness (QED) is 0.342. The average Bonchev–Trinajstić information content (AvgIpc) is 2.89. The molecule has 2 aromatic rings. The van der Waals surface area contributed by atoms with Crippen LogP contribution in [0, 0.1) is 6.92 Å². The summed E-state index contributed by atoms with van der Waals surface area (Å²) in [6, 6.07) is 14.5. The van der Waals surface area contributed by atoms with Gasteiger partial charge >= 0.3 is 11.9 Å². The summed E-state index contributed by atoms with van der Waals surface area (Å²) in [5.74, 6) is -0.951. The molecular formula is C30H41N2O5+. The molecule has 0 bridgehead atoms. The van der Waals surface area contributed by atoms with Crippen LogP contribution in [-0.2, 0) is 25.7 Å². The van der Waals surface area contributed by atoms with Gasteiger partial charge in [0.15, 0.2) is 12.6 Å². The van der Waals surface area contributed by atoms with Crippen molar-refractivity contribution in [1.29, 1.82) is 0 Å². The highest BCUT2D eigenvalue weighted by Crippen LogP contribution is 2.28. The molecule has 0 saturated carbocycles. The number of quaternary nitrogens is 1. The van der Waals surface area contributed by atoms with Gasteiger partial charge in [0.25, 0.3) is 5.91 Å². The summed E-state index contributed by atoms with van der Waals surface area (Å²) in [6.07, 6.45) is 6.70. The van der Waals surface area contributed by atoms with E-state index >= 15 is 0 Å². The van der Waals surface area contributed by atoms with Crippen LogP contribution in [0.1, 0.15) is 73.4 Å². The molecule has 200 valence electrons. The molecule has 1 N–H and O–H groups in total. The fourth-order valence-corrected chi connectivity index (χ4v) is 5.36. The number of para-hydroxylation sites is 1. The number of carbonyl (C=O) groups is 3. The SMILES string of the molecule is CCCC(C(=O)Nc1c(C)cccc1C(=O)OC)[N+]1(CC(=O)OCc2ccccc2)CCCCCCC1. The Kier molecular flexibility index (Phi) is 10.7. The fraction of sp³-hybridized carbons (Fsp3) is 0.500. The molecule has 0 aliphatic carbocycles. The van der Waals surface area contributed by atoms with Crippen LogP contribution in [0.4, 0.5) is 5.69 Å². The topological polar surface area (TPSA) is 81.7 Å². The summed E-state index contributed by atoms with van der Waals surface area (Å²) in [7, 11) is 1.33. The highest BCUT2D eigenvalue weighted by molar-refractivity contribution is 6.03. The zero-order valence-electron chi connectivity index (χ0n) is 22.5. The van der Waals surface area contributed by atoms with Gasteiger partial charge in [-0.25, -0.2) is 9.59 Å². The molecule has 3 rings (SSSR count). The van der Waals surface area contributed by atoms with E-state index in [-0.39, 0.29) is 25.0 Å². The van der Waals surface area contributed by atoms with Crippen LogP contribution in [0.2, 0.25) is 0 Å². The zero-order chi connectivity index (χ0) is 26.7. The maximum atomic E-state index is 14.0. The first-order valence-corrected chi connectivity index (χ1v) is 13.4. The molecule has 1 atom stereocenters. The number of likely N-dealkylation sites (tertiary alicyclic amines) is 1. The van der Waals surface area contributed by atoms with Gasteiger partial charge in [-0.3, -0.25) is 4.79 Å². The van der Waals surface area contributed by atoms with E-state index in [0.717, 1.165) is 56.3 Å². The van der Waals surface area contributed by atoms with Gasteiger partial charge in [0.05, 0.1) is 31.5 Å². The van der Waals surface area contributed by atoms with Gasteiger partial charge in [-0.1, -0.05) is 55.8 Å². The van der Waals surface area contributed by atoms with Crippen molar-refractivity contribution in [1.82, 2.24) is 0 Å². The number of aryl methyl sites for hydroxylation is 1. The fourth-order valence-electron chi connectivity index (χ4n) is 5.36. The van der Waals surface area contributed by atoms with Gasteiger partial charge in [0.1, 0.15) is 6.61 Å². The molecule has 1 heterocycles. The Labute approximate surface area is 220 Å². The maximum Gasteiger partial charge on any atom is 0.362 e. The van der Waals surface area contributed by atoms with Gasteiger partial charge in [-0.15, -0.1) is 0 Å². The number of hydrogen-bond acceptors (Lipinski definition) is 5. The minimum absolute atomic E-state index is 0.155. The van der Waals surface area contributed by atoms with Crippen molar-refractivity contribution in [2.45, 2.75) is 71.4 Å². The Balaban J connectivity index is 1.88. The molecule has 37 heavy (non-hydrogen) atoms. The molecule has 1 unspecified atom stereocenters. The van der Waals surface area contributed by atoms with E-state index in [1.54, 1.807) is 12.1 Å². The van der Waals surface area contributed by atoms with Crippen molar-refractivity contribution < 1.29 is 28.3 Å². The summed E-state index contributed by atoms with van der Waals surface area (Å²) in [5, 5.41) is 3.06. The minimum atomic E-state index is -0.495. The third-order valence-corrected chi connectivity index (χ3v) is 7.35. The van der Waals surface area contributed by atoms with Crippen molar-refractivity contribution in [3.8, 4) is 0 Å². The molecule has 1 aliphatic rings. The first-order valence-electron chi connectivity index (χ1n) is 13.4. The van der Waals surface area contributed by atoms with Crippen molar-refractivity contribution in [3.63, 3.8) is 0 Å². The summed E-state index contributed by atoms with van der Waals surface area (Å²) in [5.41, 5.74) is 2.52. The van der Waals surface area contributed by atoms with E-state index in [2.05, 4.69) is 12.2 Å². The van der Waals surface area contributed by atoms with Crippen LogP contribution in [0.3, 0.4) is 0 Å². The summed E-state index contributed by atoms with van der Waals surface area (Å²) < 4.78 is 11.0. The lowest BCUT2D eigenvalue weighted by Gasteiger charge is -2.44. The highest BCUT2D eigenvalue weighted by atomic mass is 16.5. The van der Waals surface area contributed by atoms with Gasteiger partial charge in [-0.05, 0) is 56.2 Å². The molecule has 1 amide bonds. The smallest absolute Gasteiger partial charge is 0.362 e. The minimum Gasteiger partial charge on any atom is -0.465 e. The van der Waals surface area contributed by atoms with Gasteiger partial charge in [0.2, 0.25) is 0 Å². The van der Waals surface area contributed by atoms with Crippen LogP contribution in [0.5, 0.6) is 0 Å². The molecule has 0 aromatic heterocycles. The number of benzene rings is 2. The largest absolute Gasteiger partial charge is 0.465 e. The van der Waals surface area contributed by atoms with E-state index in [1.165, 1.54) is 13.5 Å². The van der Waals surface area contributed by atoms with E-state index < -0.39 is 12.0 Å². The number of esters is 2. The number of carbonyl (C=O) groups excluding carboxylic acids is 3. The Morgan fingerprint density at radius 1 is 0.946 bits per heavy atom. The molecule has 0 spiro atoms. The number of nitrogens with zero attached hydrogens (tertiary/aromatic N) is 1. The van der Waals surface area contributed by atoms with Crippen molar-refractivity contribution in [2.75, 3.05) is 32.1 Å². The summed E-state index contributed by atoms with van der Waals surface area (Å²) in [6.45, 7) is 5.78. The van der Waals surface area contributed by atoms with E-state index in [1.807, 2.05) is 43.3 Å². The molecular weight excluding hydrogens is 468 g/mol.